The number of rotatable bonds is 3. The van der Waals surface area contributed by atoms with Gasteiger partial charge in [0.15, 0.2) is 0 Å². The summed E-state index contributed by atoms with van der Waals surface area (Å²) in [6.45, 7) is 7.87. The number of nitrogens with one attached hydrogen (secondary N) is 1. The zero-order chi connectivity index (χ0) is 10.7. The minimum absolute atomic E-state index is 0.599. The highest BCUT2D eigenvalue weighted by Gasteiger charge is 2.23. The summed E-state index contributed by atoms with van der Waals surface area (Å²) >= 11 is 0. The van der Waals surface area contributed by atoms with Crippen LogP contribution in [0.15, 0.2) is 12.4 Å². The molecule has 0 spiro atoms. The van der Waals surface area contributed by atoms with Crippen LogP contribution in [-0.4, -0.2) is 22.6 Å². The van der Waals surface area contributed by atoms with Crippen molar-refractivity contribution in [3.8, 4) is 0 Å². The summed E-state index contributed by atoms with van der Waals surface area (Å²) in [7, 11) is 0. The van der Waals surface area contributed by atoms with Gasteiger partial charge in [0, 0.05) is 24.9 Å². The molecule has 3 heteroatoms. The molecule has 1 aromatic rings. The lowest BCUT2D eigenvalue weighted by atomic mass is 9.85. The highest BCUT2D eigenvalue weighted by Crippen LogP contribution is 2.29. The minimum Gasteiger partial charge on any atom is -0.335 e. The Morgan fingerprint density at radius 1 is 1.53 bits per heavy atom. The van der Waals surface area contributed by atoms with Crippen LogP contribution in [0.5, 0.6) is 0 Å². The summed E-state index contributed by atoms with van der Waals surface area (Å²) in [5, 5.41) is 3.42. The van der Waals surface area contributed by atoms with Gasteiger partial charge in [-0.15, -0.1) is 0 Å². The summed E-state index contributed by atoms with van der Waals surface area (Å²) in [5.74, 6) is 2.67. The van der Waals surface area contributed by atoms with Crippen LogP contribution in [0.1, 0.15) is 38.4 Å². The van der Waals surface area contributed by atoms with E-state index >= 15 is 0 Å². The Kier molecular flexibility index (Phi) is 3.41. The molecular formula is C12H21N3. The van der Waals surface area contributed by atoms with Crippen LogP contribution in [0.4, 0.5) is 0 Å². The second kappa shape index (κ2) is 4.79. The topological polar surface area (TPSA) is 29.9 Å². The van der Waals surface area contributed by atoms with Crippen LogP contribution >= 0.6 is 0 Å². The van der Waals surface area contributed by atoms with Crippen LogP contribution in [0.3, 0.4) is 0 Å². The van der Waals surface area contributed by atoms with Crippen molar-refractivity contribution in [2.45, 2.75) is 39.2 Å². The first-order valence-electron chi connectivity index (χ1n) is 6.04. The maximum Gasteiger partial charge on any atom is 0.111 e. The molecule has 1 fully saturated rings. The second-order valence-electron chi connectivity index (χ2n) is 4.45. The number of nitrogens with zero attached hydrogens (tertiary/aromatic N) is 2. The average Bonchev–Trinajstić information content (AvgIpc) is 2.77. The predicted molar refractivity (Wildman–Crippen MR) is 61.9 cm³/mol. The molecule has 1 atom stereocenters. The largest absolute Gasteiger partial charge is 0.335 e. The van der Waals surface area contributed by atoms with Crippen LogP contribution < -0.4 is 5.32 Å². The SMILES string of the molecule is CCn1ccnc1C(C)C1CCNCC1. The van der Waals surface area contributed by atoms with E-state index in [0.717, 1.165) is 12.5 Å². The lowest BCUT2D eigenvalue weighted by Crippen LogP contribution is -2.30. The van der Waals surface area contributed by atoms with E-state index in [9.17, 15) is 0 Å². The molecule has 0 radical (unpaired) electrons. The van der Waals surface area contributed by atoms with Gasteiger partial charge in [0.1, 0.15) is 5.82 Å². The summed E-state index contributed by atoms with van der Waals surface area (Å²) in [6, 6.07) is 0. The van der Waals surface area contributed by atoms with Gasteiger partial charge in [0.05, 0.1) is 0 Å². The van der Waals surface area contributed by atoms with Crippen molar-refractivity contribution >= 4 is 0 Å². The zero-order valence-electron chi connectivity index (χ0n) is 9.74. The predicted octanol–water partition coefficient (Wildman–Crippen LogP) is 2.01. The smallest absolute Gasteiger partial charge is 0.111 e. The van der Waals surface area contributed by atoms with Crippen LogP contribution in [0.25, 0.3) is 0 Å². The maximum atomic E-state index is 4.50. The molecule has 2 rings (SSSR count). The third-order valence-corrected chi connectivity index (χ3v) is 3.59. The monoisotopic (exact) mass is 207 g/mol. The third kappa shape index (κ3) is 2.23. The van der Waals surface area contributed by atoms with Gasteiger partial charge in [0.2, 0.25) is 0 Å². The van der Waals surface area contributed by atoms with E-state index in [1.165, 1.54) is 31.8 Å². The molecule has 2 heterocycles. The molecule has 84 valence electrons. The highest BCUT2D eigenvalue weighted by atomic mass is 15.1. The number of hydrogen-bond donors (Lipinski definition) is 1. The number of hydrogen-bond acceptors (Lipinski definition) is 2. The molecule has 0 bridgehead atoms. The number of aromatic nitrogens is 2. The molecule has 0 aliphatic carbocycles. The van der Waals surface area contributed by atoms with Gasteiger partial charge in [-0.1, -0.05) is 6.92 Å². The molecule has 1 unspecified atom stereocenters. The molecule has 3 nitrogen and oxygen atoms in total. The van der Waals surface area contributed by atoms with Crippen molar-refractivity contribution in [1.29, 1.82) is 0 Å². The fraction of sp³-hybridized carbons (Fsp3) is 0.750. The van der Waals surface area contributed by atoms with Gasteiger partial charge < -0.3 is 9.88 Å². The van der Waals surface area contributed by atoms with Crippen LogP contribution in [-0.2, 0) is 6.54 Å². The Morgan fingerprint density at radius 3 is 2.93 bits per heavy atom. The molecule has 1 N–H and O–H groups in total. The fourth-order valence-corrected chi connectivity index (χ4v) is 2.54. The maximum absolute atomic E-state index is 4.50. The van der Waals surface area contributed by atoms with Crippen molar-refractivity contribution in [3.05, 3.63) is 18.2 Å². The van der Waals surface area contributed by atoms with E-state index in [-0.39, 0.29) is 0 Å². The van der Waals surface area contributed by atoms with Gasteiger partial charge >= 0.3 is 0 Å². The Morgan fingerprint density at radius 2 is 2.27 bits per heavy atom. The normalized spacial score (nSPS) is 20.4. The average molecular weight is 207 g/mol. The van der Waals surface area contributed by atoms with Crippen LogP contribution in [0.2, 0.25) is 0 Å². The Labute approximate surface area is 91.9 Å². The lowest BCUT2D eigenvalue weighted by Gasteiger charge is -2.28. The van der Waals surface area contributed by atoms with E-state index in [0.29, 0.717) is 5.92 Å². The zero-order valence-corrected chi connectivity index (χ0v) is 9.74. The van der Waals surface area contributed by atoms with Gasteiger partial charge in [-0.3, -0.25) is 0 Å². The molecule has 0 saturated carbocycles. The van der Waals surface area contributed by atoms with E-state index in [4.69, 9.17) is 0 Å². The van der Waals surface area contributed by atoms with E-state index < -0.39 is 0 Å². The highest BCUT2D eigenvalue weighted by molar-refractivity contribution is 5.01. The molecule has 1 aliphatic heterocycles. The number of aryl methyl sites for hydroxylation is 1. The first kappa shape index (κ1) is 10.7. The molecule has 15 heavy (non-hydrogen) atoms. The molecule has 0 amide bonds. The Bertz CT molecular complexity index is 300. The van der Waals surface area contributed by atoms with E-state index in [1.807, 2.05) is 6.20 Å². The Hall–Kier alpha value is -0.830. The first-order valence-corrected chi connectivity index (χ1v) is 6.04. The van der Waals surface area contributed by atoms with Crippen LogP contribution in [0, 0.1) is 5.92 Å². The quantitative estimate of drug-likeness (QED) is 0.821. The fourth-order valence-electron chi connectivity index (χ4n) is 2.54. The summed E-state index contributed by atoms with van der Waals surface area (Å²) in [5.41, 5.74) is 0. The summed E-state index contributed by atoms with van der Waals surface area (Å²) in [6.07, 6.45) is 6.60. The number of imidazole rings is 1. The molecule has 1 aromatic heterocycles. The number of piperidine rings is 1. The lowest BCUT2D eigenvalue weighted by molar-refractivity contribution is 0.318. The van der Waals surface area contributed by atoms with E-state index in [2.05, 4.69) is 34.9 Å². The first-order chi connectivity index (χ1) is 7.33. The molecule has 1 aliphatic rings. The molecule has 1 saturated heterocycles. The van der Waals surface area contributed by atoms with Crippen molar-refractivity contribution in [2.75, 3.05) is 13.1 Å². The summed E-state index contributed by atoms with van der Waals surface area (Å²) in [4.78, 5) is 4.50. The van der Waals surface area contributed by atoms with Crippen molar-refractivity contribution in [1.82, 2.24) is 14.9 Å². The van der Waals surface area contributed by atoms with Gasteiger partial charge in [-0.25, -0.2) is 4.98 Å². The van der Waals surface area contributed by atoms with Gasteiger partial charge in [0.25, 0.3) is 0 Å². The molecule has 0 aromatic carbocycles. The van der Waals surface area contributed by atoms with Gasteiger partial charge in [-0.05, 0) is 38.8 Å². The van der Waals surface area contributed by atoms with Gasteiger partial charge in [-0.2, -0.15) is 0 Å². The third-order valence-electron chi connectivity index (χ3n) is 3.59. The minimum atomic E-state index is 0.599. The standard InChI is InChI=1S/C12H21N3/c1-3-15-9-8-14-12(15)10(2)11-4-6-13-7-5-11/h8-11,13H,3-7H2,1-2H3. The second-order valence-corrected chi connectivity index (χ2v) is 4.45. The van der Waals surface area contributed by atoms with Crippen molar-refractivity contribution in [2.24, 2.45) is 5.92 Å². The Balaban J connectivity index is 2.08. The van der Waals surface area contributed by atoms with Crippen molar-refractivity contribution in [3.63, 3.8) is 0 Å². The summed E-state index contributed by atoms with van der Waals surface area (Å²) < 4.78 is 2.27. The van der Waals surface area contributed by atoms with Crippen molar-refractivity contribution < 1.29 is 0 Å². The molecular weight excluding hydrogens is 186 g/mol. The van der Waals surface area contributed by atoms with E-state index in [1.54, 1.807) is 0 Å².